The Morgan fingerprint density at radius 3 is 2.48 bits per heavy atom. The zero-order chi connectivity index (χ0) is 20.8. The number of likely N-dealkylation sites (N-methyl/N-ethyl adjacent to an activating group) is 1. The number of hydrogen-bond acceptors (Lipinski definition) is 3. The molecule has 154 valence electrons. The highest BCUT2D eigenvalue weighted by Crippen LogP contribution is 2.28. The van der Waals surface area contributed by atoms with E-state index in [2.05, 4.69) is 24.1 Å². The number of carbonyl (C=O) groups excluding carboxylic acids is 2. The lowest BCUT2D eigenvalue weighted by Crippen LogP contribution is -2.38. The number of nitrogens with zero attached hydrogens (tertiary/aromatic N) is 2. The van der Waals surface area contributed by atoms with Gasteiger partial charge in [0, 0.05) is 24.5 Å². The molecule has 3 rings (SSSR count). The zero-order valence-corrected chi connectivity index (χ0v) is 17.8. The SMILES string of the molecule is CCN(CC)[C@H](CNC(=O)c1ccccc1N1CCCC1=O)c1ccccc1Cl. The number of anilines is 1. The molecule has 2 amide bonds. The van der Waals surface area contributed by atoms with E-state index in [0.717, 1.165) is 25.1 Å². The van der Waals surface area contributed by atoms with Gasteiger partial charge in [-0.15, -0.1) is 0 Å². The Hall–Kier alpha value is -2.37. The molecule has 29 heavy (non-hydrogen) atoms. The maximum atomic E-state index is 13.0. The van der Waals surface area contributed by atoms with Gasteiger partial charge in [0.15, 0.2) is 0 Å². The van der Waals surface area contributed by atoms with E-state index in [1.165, 1.54) is 0 Å². The van der Waals surface area contributed by atoms with Crippen molar-refractivity contribution in [3.05, 3.63) is 64.7 Å². The molecule has 0 saturated carbocycles. The van der Waals surface area contributed by atoms with Crippen molar-refractivity contribution in [1.82, 2.24) is 10.2 Å². The number of amides is 2. The Bertz CT molecular complexity index is 867. The predicted octanol–water partition coefficient (Wildman–Crippen LogP) is 4.28. The lowest BCUT2D eigenvalue weighted by atomic mass is 10.0. The summed E-state index contributed by atoms with van der Waals surface area (Å²) in [6.07, 6.45) is 1.36. The standard InChI is InChI=1S/C23H28ClN3O2/c1-3-26(4-2)21(17-10-5-7-12-19(17)24)16-25-23(29)18-11-6-8-13-20(18)27-15-9-14-22(27)28/h5-8,10-13,21H,3-4,9,14-16H2,1-2H3,(H,25,29)/t21-/m1/s1. The lowest BCUT2D eigenvalue weighted by Gasteiger charge is -2.31. The lowest BCUT2D eigenvalue weighted by molar-refractivity contribution is -0.117. The first-order valence-corrected chi connectivity index (χ1v) is 10.6. The summed E-state index contributed by atoms with van der Waals surface area (Å²) in [5.74, 6) is -0.105. The van der Waals surface area contributed by atoms with E-state index in [1.807, 2.05) is 42.5 Å². The first-order chi connectivity index (χ1) is 14.1. The molecular weight excluding hydrogens is 386 g/mol. The third-order valence-corrected chi connectivity index (χ3v) is 5.83. The van der Waals surface area contributed by atoms with E-state index < -0.39 is 0 Å². The van der Waals surface area contributed by atoms with Crippen molar-refractivity contribution < 1.29 is 9.59 Å². The molecule has 1 atom stereocenters. The van der Waals surface area contributed by atoms with Crippen LogP contribution in [0.2, 0.25) is 5.02 Å². The number of benzene rings is 2. The summed E-state index contributed by atoms with van der Waals surface area (Å²) in [5.41, 5.74) is 2.21. The maximum Gasteiger partial charge on any atom is 0.253 e. The van der Waals surface area contributed by atoms with Crippen LogP contribution in [0.25, 0.3) is 0 Å². The quantitative estimate of drug-likeness (QED) is 0.702. The molecule has 0 aliphatic carbocycles. The molecule has 1 heterocycles. The number of rotatable bonds is 8. The summed E-state index contributed by atoms with van der Waals surface area (Å²) in [7, 11) is 0. The highest BCUT2D eigenvalue weighted by molar-refractivity contribution is 6.31. The van der Waals surface area contributed by atoms with Crippen molar-refractivity contribution in [2.24, 2.45) is 0 Å². The molecule has 1 aliphatic heterocycles. The van der Waals surface area contributed by atoms with Gasteiger partial charge in [0.05, 0.1) is 17.3 Å². The van der Waals surface area contributed by atoms with E-state index in [0.29, 0.717) is 35.8 Å². The minimum Gasteiger partial charge on any atom is -0.350 e. The zero-order valence-electron chi connectivity index (χ0n) is 17.0. The first-order valence-electron chi connectivity index (χ1n) is 10.2. The topological polar surface area (TPSA) is 52.7 Å². The van der Waals surface area contributed by atoms with Crippen LogP contribution in [0.1, 0.15) is 48.7 Å². The van der Waals surface area contributed by atoms with Crippen LogP contribution in [0.4, 0.5) is 5.69 Å². The summed E-state index contributed by atoms with van der Waals surface area (Å²) in [6, 6.07) is 15.0. The van der Waals surface area contributed by atoms with Crippen molar-refractivity contribution in [1.29, 1.82) is 0 Å². The molecule has 2 aromatic carbocycles. The van der Waals surface area contributed by atoms with E-state index in [4.69, 9.17) is 11.6 Å². The fraction of sp³-hybridized carbons (Fsp3) is 0.391. The average molecular weight is 414 g/mol. The van der Waals surface area contributed by atoms with Gasteiger partial charge in [-0.25, -0.2) is 0 Å². The van der Waals surface area contributed by atoms with Crippen molar-refractivity contribution in [3.63, 3.8) is 0 Å². The predicted molar refractivity (Wildman–Crippen MR) is 117 cm³/mol. The summed E-state index contributed by atoms with van der Waals surface area (Å²) in [4.78, 5) is 29.2. The number of para-hydroxylation sites is 1. The molecule has 0 aromatic heterocycles. The van der Waals surface area contributed by atoms with Crippen LogP contribution in [-0.4, -0.2) is 42.9 Å². The van der Waals surface area contributed by atoms with Gasteiger partial charge in [-0.1, -0.05) is 55.8 Å². The van der Waals surface area contributed by atoms with Gasteiger partial charge < -0.3 is 10.2 Å². The van der Waals surface area contributed by atoms with E-state index in [1.54, 1.807) is 11.0 Å². The number of halogens is 1. The Labute approximate surface area is 177 Å². The second kappa shape index (κ2) is 9.90. The molecule has 0 unspecified atom stereocenters. The van der Waals surface area contributed by atoms with Crippen LogP contribution in [0.3, 0.4) is 0 Å². The molecule has 1 aliphatic rings. The van der Waals surface area contributed by atoms with Crippen LogP contribution in [0.5, 0.6) is 0 Å². The molecule has 5 nitrogen and oxygen atoms in total. The minimum absolute atomic E-state index is 0.0248. The van der Waals surface area contributed by atoms with Crippen LogP contribution < -0.4 is 10.2 Å². The molecule has 1 fully saturated rings. The van der Waals surface area contributed by atoms with Crippen LogP contribution in [-0.2, 0) is 4.79 Å². The smallest absolute Gasteiger partial charge is 0.253 e. The molecule has 1 N–H and O–H groups in total. The van der Waals surface area contributed by atoms with E-state index >= 15 is 0 Å². The van der Waals surface area contributed by atoms with Gasteiger partial charge in [-0.3, -0.25) is 14.5 Å². The molecule has 6 heteroatoms. The number of carbonyl (C=O) groups is 2. The van der Waals surface area contributed by atoms with Gasteiger partial charge in [-0.2, -0.15) is 0 Å². The number of nitrogens with one attached hydrogen (secondary N) is 1. The summed E-state index contributed by atoms with van der Waals surface area (Å²) >= 11 is 6.45. The van der Waals surface area contributed by atoms with Gasteiger partial charge in [0.25, 0.3) is 5.91 Å². The molecule has 2 aromatic rings. The highest BCUT2D eigenvalue weighted by atomic mass is 35.5. The van der Waals surface area contributed by atoms with Gasteiger partial charge >= 0.3 is 0 Å². The average Bonchev–Trinajstić information content (AvgIpc) is 3.17. The molecular formula is C23H28ClN3O2. The third kappa shape index (κ3) is 4.80. The number of hydrogen-bond donors (Lipinski definition) is 1. The highest BCUT2D eigenvalue weighted by Gasteiger charge is 2.26. The Balaban J connectivity index is 1.81. The summed E-state index contributed by atoms with van der Waals surface area (Å²) in [5, 5.41) is 3.77. The van der Waals surface area contributed by atoms with Gasteiger partial charge in [0.2, 0.25) is 5.91 Å². The van der Waals surface area contributed by atoms with Crippen molar-refractivity contribution in [3.8, 4) is 0 Å². The molecule has 0 radical (unpaired) electrons. The Morgan fingerprint density at radius 1 is 1.14 bits per heavy atom. The second-order valence-corrected chi connectivity index (χ2v) is 7.54. The second-order valence-electron chi connectivity index (χ2n) is 7.13. The van der Waals surface area contributed by atoms with Gasteiger partial charge in [0.1, 0.15) is 0 Å². The monoisotopic (exact) mass is 413 g/mol. The molecule has 0 bridgehead atoms. The Morgan fingerprint density at radius 2 is 1.83 bits per heavy atom. The normalized spacial score (nSPS) is 15.0. The largest absolute Gasteiger partial charge is 0.350 e. The third-order valence-electron chi connectivity index (χ3n) is 5.49. The molecule has 1 saturated heterocycles. The Kier molecular flexibility index (Phi) is 7.29. The fourth-order valence-electron chi connectivity index (χ4n) is 3.93. The summed E-state index contributed by atoms with van der Waals surface area (Å²) < 4.78 is 0. The van der Waals surface area contributed by atoms with Crippen LogP contribution in [0.15, 0.2) is 48.5 Å². The minimum atomic E-state index is -0.176. The van der Waals surface area contributed by atoms with Gasteiger partial charge in [-0.05, 0) is 43.3 Å². The van der Waals surface area contributed by atoms with Crippen LogP contribution in [0, 0.1) is 0 Å². The van der Waals surface area contributed by atoms with Crippen LogP contribution >= 0.6 is 11.6 Å². The van der Waals surface area contributed by atoms with E-state index in [9.17, 15) is 9.59 Å². The van der Waals surface area contributed by atoms with Crippen molar-refractivity contribution in [2.45, 2.75) is 32.7 Å². The van der Waals surface area contributed by atoms with Crippen molar-refractivity contribution >= 4 is 29.1 Å². The van der Waals surface area contributed by atoms with E-state index in [-0.39, 0.29) is 17.9 Å². The first kappa shape index (κ1) is 21.3. The summed E-state index contributed by atoms with van der Waals surface area (Å²) in [6.45, 7) is 6.99. The maximum absolute atomic E-state index is 13.0. The molecule has 0 spiro atoms. The fourth-order valence-corrected chi connectivity index (χ4v) is 4.20. The van der Waals surface area contributed by atoms with Crippen molar-refractivity contribution in [2.75, 3.05) is 31.1 Å².